The molecule has 2 aromatic rings. The van der Waals surface area contributed by atoms with E-state index >= 15 is 0 Å². The molecule has 0 saturated carbocycles. The van der Waals surface area contributed by atoms with Crippen LogP contribution in [0, 0.1) is 6.92 Å². The van der Waals surface area contributed by atoms with Crippen LogP contribution in [0.1, 0.15) is 65.0 Å². The fourth-order valence-electron chi connectivity index (χ4n) is 3.35. The second-order valence-electron chi connectivity index (χ2n) is 7.30. The van der Waals surface area contributed by atoms with E-state index < -0.39 is 0 Å². The Morgan fingerprint density at radius 1 is 1.25 bits per heavy atom. The topological polar surface area (TPSA) is 64.6 Å². The normalized spacial score (nSPS) is 12.8. The molecule has 1 amide bonds. The van der Waals surface area contributed by atoms with Gasteiger partial charge in [-0.05, 0) is 61.8 Å². The summed E-state index contributed by atoms with van der Waals surface area (Å²) >= 11 is 1.47. The van der Waals surface area contributed by atoms with E-state index in [0.29, 0.717) is 28.8 Å². The van der Waals surface area contributed by atoms with Crippen molar-refractivity contribution in [2.75, 3.05) is 18.5 Å². The van der Waals surface area contributed by atoms with E-state index in [-0.39, 0.29) is 18.5 Å². The maximum absolute atomic E-state index is 12.5. The van der Waals surface area contributed by atoms with E-state index in [1.807, 2.05) is 19.1 Å². The number of hydrogen-bond acceptors (Lipinski definition) is 5. The molecule has 1 aromatic carbocycles. The lowest BCUT2D eigenvalue weighted by atomic mass is 10.0. The van der Waals surface area contributed by atoms with Crippen molar-refractivity contribution < 1.29 is 19.1 Å². The van der Waals surface area contributed by atoms with E-state index in [2.05, 4.69) is 25.2 Å². The molecular formula is C22H27NO4S. The molecule has 6 heteroatoms. The summed E-state index contributed by atoms with van der Waals surface area (Å²) in [6.45, 7) is 8.19. The maximum Gasteiger partial charge on any atom is 0.341 e. The molecule has 0 saturated heterocycles. The SMILES string of the molecule is CCOC(=O)c1c(NC(=O)COc2cc(C(C)C)ccc2C)sc2c1CCC2. The first-order chi connectivity index (χ1) is 13.4. The highest BCUT2D eigenvalue weighted by molar-refractivity contribution is 7.17. The maximum atomic E-state index is 12.5. The van der Waals surface area contributed by atoms with Crippen molar-refractivity contribution in [2.24, 2.45) is 0 Å². The zero-order valence-corrected chi connectivity index (χ0v) is 17.7. The van der Waals surface area contributed by atoms with Gasteiger partial charge in [-0.2, -0.15) is 0 Å². The van der Waals surface area contributed by atoms with Gasteiger partial charge in [0.2, 0.25) is 0 Å². The van der Waals surface area contributed by atoms with Crippen molar-refractivity contribution >= 4 is 28.2 Å². The number of hydrogen-bond donors (Lipinski definition) is 1. The number of thiophene rings is 1. The summed E-state index contributed by atoms with van der Waals surface area (Å²) in [5, 5.41) is 3.43. The van der Waals surface area contributed by atoms with E-state index in [1.54, 1.807) is 6.92 Å². The quantitative estimate of drug-likeness (QED) is 0.673. The van der Waals surface area contributed by atoms with Crippen LogP contribution in [0.2, 0.25) is 0 Å². The van der Waals surface area contributed by atoms with Crippen molar-refractivity contribution in [1.82, 2.24) is 0 Å². The van der Waals surface area contributed by atoms with Gasteiger partial charge in [0.1, 0.15) is 10.8 Å². The Balaban J connectivity index is 1.71. The molecule has 1 heterocycles. The highest BCUT2D eigenvalue weighted by Crippen LogP contribution is 2.39. The predicted molar refractivity (Wildman–Crippen MR) is 112 cm³/mol. The Bertz CT molecular complexity index is 885. The van der Waals surface area contributed by atoms with Crippen LogP contribution in [0.4, 0.5) is 5.00 Å². The molecule has 0 spiro atoms. The Hall–Kier alpha value is -2.34. The molecule has 0 aliphatic heterocycles. The lowest BCUT2D eigenvalue weighted by molar-refractivity contribution is -0.118. The third-order valence-electron chi connectivity index (χ3n) is 4.89. The van der Waals surface area contributed by atoms with Crippen LogP contribution in [-0.2, 0) is 22.4 Å². The number of nitrogens with one attached hydrogen (secondary N) is 1. The first-order valence-corrected chi connectivity index (χ1v) is 10.6. The molecule has 1 aromatic heterocycles. The van der Waals surface area contributed by atoms with E-state index in [4.69, 9.17) is 9.47 Å². The average molecular weight is 402 g/mol. The Morgan fingerprint density at radius 3 is 2.75 bits per heavy atom. The van der Waals surface area contributed by atoms with Crippen molar-refractivity contribution in [2.45, 2.75) is 52.9 Å². The van der Waals surface area contributed by atoms with Gasteiger partial charge in [0.05, 0.1) is 12.2 Å². The fraction of sp³-hybridized carbons (Fsp3) is 0.455. The van der Waals surface area contributed by atoms with E-state index in [1.165, 1.54) is 21.8 Å². The van der Waals surface area contributed by atoms with Crippen LogP contribution in [-0.4, -0.2) is 25.1 Å². The molecule has 5 nitrogen and oxygen atoms in total. The molecular weight excluding hydrogens is 374 g/mol. The molecule has 150 valence electrons. The summed E-state index contributed by atoms with van der Waals surface area (Å²) in [7, 11) is 0. The standard InChI is InChI=1S/C22H27NO4S/c1-5-26-22(25)20-16-7-6-8-18(16)28-21(20)23-19(24)12-27-17-11-15(13(2)3)10-9-14(17)4/h9-11,13H,5-8,12H2,1-4H3,(H,23,24). The molecule has 1 aliphatic carbocycles. The van der Waals surface area contributed by atoms with Crippen molar-refractivity contribution in [3.8, 4) is 5.75 Å². The smallest absolute Gasteiger partial charge is 0.341 e. The molecule has 0 atom stereocenters. The molecule has 1 aliphatic rings. The first-order valence-electron chi connectivity index (χ1n) is 9.75. The van der Waals surface area contributed by atoms with Crippen LogP contribution >= 0.6 is 11.3 Å². The number of fused-ring (bicyclic) bond motifs is 1. The zero-order chi connectivity index (χ0) is 20.3. The minimum Gasteiger partial charge on any atom is -0.483 e. The number of anilines is 1. The van der Waals surface area contributed by atoms with Crippen molar-refractivity contribution in [3.63, 3.8) is 0 Å². The monoisotopic (exact) mass is 401 g/mol. The summed E-state index contributed by atoms with van der Waals surface area (Å²) in [5.74, 6) is 0.455. The van der Waals surface area contributed by atoms with E-state index in [0.717, 1.165) is 30.4 Å². The van der Waals surface area contributed by atoms with Gasteiger partial charge >= 0.3 is 5.97 Å². The molecule has 0 bridgehead atoms. The van der Waals surface area contributed by atoms with Crippen molar-refractivity contribution in [3.05, 3.63) is 45.3 Å². The van der Waals surface area contributed by atoms with E-state index in [9.17, 15) is 9.59 Å². The van der Waals surface area contributed by atoms with Crippen LogP contribution < -0.4 is 10.1 Å². The minimum absolute atomic E-state index is 0.104. The molecule has 0 radical (unpaired) electrons. The lowest BCUT2D eigenvalue weighted by Crippen LogP contribution is -2.21. The highest BCUT2D eigenvalue weighted by atomic mass is 32.1. The lowest BCUT2D eigenvalue weighted by Gasteiger charge is -2.13. The minimum atomic E-state index is -0.362. The van der Waals surface area contributed by atoms with Crippen LogP contribution in [0.5, 0.6) is 5.75 Å². The third kappa shape index (κ3) is 4.38. The number of esters is 1. The molecule has 3 rings (SSSR count). The van der Waals surface area contributed by atoms with Gasteiger partial charge in [0.25, 0.3) is 5.91 Å². The van der Waals surface area contributed by atoms with Crippen LogP contribution in [0.15, 0.2) is 18.2 Å². The number of ether oxygens (including phenoxy) is 2. The van der Waals surface area contributed by atoms with Crippen LogP contribution in [0.3, 0.4) is 0 Å². The van der Waals surface area contributed by atoms with Gasteiger partial charge in [-0.25, -0.2) is 4.79 Å². The fourth-order valence-corrected chi connectivity index (χ4v) is 4.64. The zero-order valence-electron chi connectivity index (χ0n) is 16.9. The molecule has 1 N–H and O–H groups in total. The number of amides is 1. The number of rotatable bonds is 7. The Kier molecular flexibility index (Phi) is 6.39. The second kappa shape index (κ2) is 8.78. The third-order valence-corrected chi connectivity index (χ3v) is 6.10. The summed E-state index contributed by atoms with van der Waals surface area (Å²) in [4.78, 5) is 26.1. The van der Waals surface area contributed by atoms with Gasteiger partial charge in [-0.15, -0.1) is 11.3 Å². The van der Waals surface area contributed by atoms with Gasteiger partial charge in [0, 0.05) is 4.88 Å². The number of carbonyl (C=O) groups excluding carboxylic acids is 2. The van der Waals surface area contributed by atoms with Crippen LogP contribution in [0.25, 0.3) is 0 Å². The largest absolute Gasteiger partial charge is 0.483 e. The predicted octanol–water partition coefficient (Wildman–Crippen LogP) is 4.86. The first kappa shape index (κ1) is 20.4. The molecule has 28 heavy (non-hydrogen) atoms. The number of benzene rings is 1. The van der Waals surface area contributed by atoms with Gasteiger partial charge in [-0.3, -0.25) is 4.79 Å². The van der Waals surface area contributed by atoms with Gasteiger partial charge in [-0.1, -0.05) is 26.0 Å². The van der Waals surface area contributed by atoms with Gasteiger partial charge < -0.3 is 14.8 Å². The summed E-state index contributed by atoms with van der Waals surface area (Å²) in [6.07, 6.45) is 2.84. The number of carbonyl (C=O) groups is 2. The highest BCUT2D eigenvalue weighted by Gasteiger charge is 2.28. The Labute approximate surface area is 170 Å². The summed E-state index contributed by atoms with van der Waals surface area (Å²) < 4.78 is 11.0. The van der Waals surface area contributed by atoms with Crippen molar-refractivity contribution in [1.29, 1.82) is 0 Å². The second-order valence-corrected chi connectivity index (χ2v) is 8.40. The number of aryl methyl sites for hydroxylation is 2. The molecule has 0 fully saturated rings. The summed E-state index contributed by atoms with van der Waals surface area (Å²) in [5.41, 5.74) is 3.70. The van der Waals surface area contributed by atoms with Gasteiger partial charge in [0.15, 0.2) is 6.61 Å². The Morgan fingerprint density at radius 2 is 2.04 bits per heavy atom. The molecule has 0 unspecified atom stereocenters. The average Bonchev–Trinajstić information content (AvgIpc) is 3.21. The summed E-state index contributed by atoms with van der Waals surface area (Å²) in [6, 6.07) is 6.06.